The van der Waals surface area contributed by atoms with Gasteiger partial charge in [0.1, 0.15) is 22.3 Å². The second-order valence-corrected chi connectivity index (χ2v) is 4.26. The molecule has 2 aromatic heterocycles. The van der Waals surface area contributed by atoms with Gasteiger partial charge in [-0.05, 0) is 12.1 Å². The van der Waals surface area contributed by atoms with Gasteiger partial charge in [0.2, 0.25) is 0 Å². The minimum atomic E-state index is -1.12. The van der Waals surface area contributed by atoms with Gasteiger partial charge in [-0.2, -0.15) is 0 Å². The lowest BCUT2D eigenvalue weighted by Crippen LogP contribution is -2.46. The summed E-state index contributed by atoms with van der Waals surface area (Å²) in [6.07, 6.45) is 0. The zero-order valence-corrected chi connectivity index (χ0v) is 9.60. The van der Waals surface area contributed by atoms with E-state index in [1.807, 2.05) is 0 Å². The number of piperazine rings is 1. The zero-order valence-electron chi connectivity index (χ0n) is 9.60. The molecule has 1 aliphatic heterocycles. The highest BCUT2D eigenvalue weighted by molar-refractivity contribution is 6.14. The van der Waals surface area contributed by atoms with Crippen LogP contribution in [0, 0.1) is 0 Å². The van der Waals surface area contributed by atoms with Crippen LogP contribution in [-0.4, -0.2) is 48.1 Å². The van der Waals surface area contributed by atoms with Crippen LogP contribution in [0.15, 0.2) is 16.5 Å². The zero-order chi connectivity index (χ0) is 12.7. The smallest absolute Gasteiger partial charge is 0.340 e. The highest BCUT2D eigenvalue weighted by Crippen LogP contribution is 2.29. The minimum Gasteiger partial charge on any atom is -0.478 e. The molecule has 0 unspecified atom stereocenters. The fourth-order valence-corrected chi connectivity index (χ4v) is 2.30. The van der Waals surface area contributed by atoms with Gasteiger partial charge in [0.25, 0.3) is 5.91 Å². The molecule has 1 aliphatic rings. The van der Waals surface area contributed by atoms with Crippen molar-refractivity contribution in [2.75, 3.05) is 26.2 Å². The molecule has 3 heterocycles. The molecule has 0 saturated carbocycles. The third-order valence-corrected chi connectivity index (χ3v) is 3.18. The number of nitrogens with one attached hydrogen (secondary N) is 1. The first-order chi connectivity index (χ1) is 8.68. The van der Waals surface area contributed by atoms with Crippen LogP contribution in [0.1, 0.15) is 20.7 Å². The van der Waals surface area contributed by atoms with Crippen molar-refractivity contribution >= 4 is 23.0 Å². The Kier molecular flexibility index (Phi) is 2.45. The number of benzene rings is 1. The Morgan fingerprint density at radius 2 is 1.78 bits per heavy atom. The van der Waals surface area contributed by atoms with Crippen molar-refractivity contribution in [3.63, 3.8) is 0 Å². The van der Waals surface area contributed by atoms with Crippen molar-refractivity contribution in [3.8, 4) is 0 Å². The highest BCUT2D eigenvalue weighted by Gasteiger charge is 2.30. The van der Waals surface area contributed by atoms with E-state index >= 15 is 0 Å². The molecule has 0 spiro atoms. The number of fused-ring (bicyclic) bond motifs is 2. The monoisotopic (exact) mass is 248 g/mol. The van der Waals surface area contributed by atoms with E-state index in [1.54, 1.807) is 17.0 Å². The predicted molar refractivity (Wildman–Crippen MR) is 63.1 cm³/mol. The van der Waals surface area contributed by atoms with Crippen LogP contribution in [-0.2, 0) is 0 Å². The molecule has 1 amide bonds. The lowest BCUT2D eigenvalue weighted by Gasteiger charge is -2.27. The number of hydrogen-bond acceptors (Lipinski definition) is 4. The number of aromatic carboxylic acids is 1. The van der Waals surface area contributed by atoms with E-state index in [0.29, 0.717) is 18.7 Å². The molecule has 2 bridgehead atoms. The van der Waals surface area contributed by atoms with Gasteiger partial charge in [-0.3, -0.25) is 4.79 Å². The van der Waals surface area contributed by atoms with Crippen molar-refractivity contribution in [1.29, 1.82) is 0 Å². The summed E-state index contributed by atoms with van der Waals surface area (Å²) < 4.78 is 5.27. The van der Waals surface area contributed by atoms with Crippen LogP contribution >= 0.6 is 0 Å². The second-order valence-electron chi connectivity index (χ2n) is 4.26. The predicted octanol–water partition coefficient (Wildman–Crippen LogP) is 0.614. The van der Waals surface area contributed by atoms with Gasteiger partial charge in [-0.25, -0.2) is 4.79 Å². The molecule has 3 rings (SSSR count). The molecule has 0 atom stereocenters. The van der Waals surface area contributed by atoms with Crippen molar-refractivity contribution < 1.29 is 19.1 Å². The normalized spacial score (nSPS) is 16.3. The maximum atomic E-state index is 12.3. The standard InChI is InChI=1S/C12H12N2O4/c15-11(14-5-3-13-4-6-14)9-7-1-2-8(18-7)10(9)12(16)17/h1-2,13H,3-6H2,(H,16,17). The summed E-state index contributed by atoms with van der Waals surface area (Å²) in [7, 11) is 0. The molecular weight excluding hydrogens is 236 g/mol. The molecule has 6 heteroatoms. The van der Waals surface area contributed by atoms with Crippen molar-refractivity contribution in [2.24, 2.45) is 0 Å². The molecule has 0 aromatic carbocycles. The molecule has 18 heavy (non-hydrogen) atoms. The number of carboxylic acid groups (broad SMARTS) is 1. The fourth-order valence-electron chi connectivity index (χ4n) is 2.30. The van der Waals surface area contributed by atoms with E-state index in [1.165, 1.54) is 0 Å². The third-order valence-electron chi connectivity index (χ3n) is 3.18. The summed E-state index contributed by atoms with van der Waals surface area (Å²) in [6, 6.07) is 3.21. The quantitative estimate of drug-likeness (QED) is 0.813. The van der Waals surface area contributed by atoms with Crippen LogP contribution < -0.4 is 5.32 Å². The van der Waals surface area contributed by atoms with Crippen LogP contribution in [0.3, 0.4) is 0 Å². The number of hydrogen-bond donors (Lipinski definition) is 2. The van der Waals surface area contributed by atoms with Crippen LogP contribution in [0.25, 0.3) is 11.2 Å². The van der Waals surface area contributed by atoms with Gasteiger partial charge in [0.15, 0.2) is 0 Å². The Morgan fingerprint density at radius 1 is 1.17 bits per heavy atom. The average molecular weight is 248 g/mol. The summed E-state index contributed by atoms with van der Waals surface area (Å²) >= 11 is 0. The summed E-state index contributed by atoms with van der Waals surface area (Å²) in [5, 5.41) is 12.3. The highest BCUT2D eigenvalue weighted by atomic mass is 16.4. The van der Waals surface area contributed by atoms with Crippen molar-refractivity contribution in [3.05, 3.63) is 23.3 Å². The molecule has 1 saturated heterocycles. The van der Waals surface area contributed by atoms with E-state index in [9.17, 15) is 9.59 Å². The molecule has 2 aromatic rings. The first-order valence-corrected chi connectivity index (χ1v) is 5.76. The molecule has 94 valence electrons. The maximum Gasteiger partial charge on any atom is 0.340 e. The Morgan fingerprint density at radius 3 is 2.39 bits per heavy atom. The van der Waals surface area contributed by atoms with Gasteiger partial charge in [-0.1, -0.05) is 0 Å². The average Bonchev–Trinajstić information content (AvgIpc) is 2.99. The second kappa shape index (κ2) is 3.99. The number of furan rings is 2. The lowest BCUT2D eigenvalue weighted by molar-refractivity contribution is 0.0673. The Labute approximate surface area is 102 Å². The van der Waals surface area contributed by atoms with E-state index in [4.69, 9.17) is 9.52 Å². The summed E-state index contributed by atoms with van der Waals surface area (Å²) in [5.74, 6) is -1.38. The molecule has 0 radical (unpaired) electrons. The van der Waals surface area contributed by atoms with E-state index < -0.39 is 5.97 Å². The molecule has 1 fully saturated rings. The maximum absolute atomic E-state index is 12.3. The van der Waals surface area contributed by atoms with Crippen molar-refractivity contribution in [1.82, 2.24) is 10.2 Å². The first kappa shape index (κ1) is 11.0. The first-order valence-electron chi connectivity index (χ1n) is 5.76. The fraction of sp³-hybridized carbons (Fsp3) is 0.333. The van der Waals surface area contributed by atoms with E-state index in [-0.39, 0.29) is 22.6 Å². The largest absolute Gasteiger partial charge is 0.478 e. The van der Waals surface area contributed by atoms with Crippen molar-refractivity contribution in [2.45, 2.75) is 0 Å². The Bertz CT molecular complexity index is 598. The van der Waals surface area contributed by atoms with Crippen LogP contribution in [0.2, 0.25) is 0 Å². The lowest BCUT2D eigenvalue weighted by atomic mass is 10.1. The molecule has 6 nitrogen and oxygen atoms in total. The SMILES string of the molecule is O=C(O)c1c(C(=O)N2CCNCC2)c2ccc1o2. The summed E-state index contributed by atoms with van der Waals surface area (Å²) in [5.41, 5.74) is 0.778. The summed E-state index contributed by atoms with van der Waals surface area (Å²) in [4.78, 5) is 25.2. The van der Waals surface area contributed by atoms with Gasteiger partial charge in [-0.15, -0.1) is 0 Å². The number of carbonyl (C=O) groups is 2. The number of carbonyl (C=O) groups excluding carboxylic acids is 1. The number of amides is 1. The van der Waals surface area contributed by atoms with Crippen LogP contribution in [0.4, 0.5) is 0 Å². The Balaban J connectivity index is 2.01. The number of rotatable bonds is 2. The number of nitrogens with zero attached hydrogens (tertiary/aromatic N) is 1. The van der Waals surface area contributed by atoms with E-state index in [2.05, 4.69) is 5.32 Å². The number of carboxylic acids is 1. The molecule has 0 aliphatic carbocycles. The molecule has 2 N–H and O–H groups in total. The topological polar surface area (TPSA) is 82.8 Å². The Hall–Kier alpha value is -2.08. The van der Waals surface area contributed by atoms with Gasteiger partial charge >= 0.3 is 5.97 Å². The molecular formula is C12H12N2O4. The third kappa shape index (κ3) is 1.53. The van der Waals surface area contributed by atoms with Gasteiger partial charge < -0.3 is 19.7 Å². The van der Waals surface area contributed by atoms with E-state index in [0.717, 1.165) is 13.1 Å². The van der Waals surface area contributed by atoms with Gasteiger partial charge in [0, 0.05) is 26.2 Å². The van der Waals surface area contributed by atoms with Gasteiger partial charge in [0.05, 0.1) is 0 Å². The van der Waals surface area contributed by atoms with Crippen LogP contribution in [0.5, 0.6) is 0 Å². The summed E-state index contributed by atoms with van der Waals surface area (Å²) in [6.45, 7) is 2.62. The minimum absolute atomic E-state index is 0.0176.